The molecule has 1 unspecified atom stereocenters. The molecule has 5 nitrogen and oxygen atoms in total. The standard InChI is InChI=1S/C19H31NO4.ClH/c1-6-19(2,3)24-13-16(21)12-20-8-7-14-9-17(22-4)18(23-5)10-15(14)11-20;/h9-10,16,21H,6-8,11-13H2,1-5H3;1H. The summed E-state index contributed by atoms with van der Waals surface area (Å²) in [6.07, 6.45) is 1.40. The second kappa shape index (κ2) is 9.62. The van der Waals surface area contributed by atoms with Gasteiger partial charge in [-0.15, -0.1) is 12.4 Å². The maximum Gasteiger partial charge on any atom is 0.161 e. The van der Waals surface area contributed by atoms with Gasteiger partial charge in [-0.2, -0.15) is 0 Å². The zero-order chi connectivity index (χ0) is 17.7. The summed E-state index contributed by atoms with van der Waals surface area (Å²) in [5.41, 5.74) is 2.35. The quantitative estimate of drug-likeness (QED) is 0.759. The van der Waals surface area contributed by atoms with Gasteiger partial charge in [-0.3, -0.25) is 4.90 Å². The number of aliphatic hydroxyl groups excluding tert-OH is 1. The molecule has 25 heavy (non-hydrogen) atoms. The predicted molar refractivity (Wildman–Crippen MR) is 102 cm³/mol. The van der Waals surface area contributed by atoms with Crippen molar-refractivity contribution >= 4 is 12.4 Å². The average molecular weight is 374 g/mol. The highest BCUT2D eigenvalue weighted by molar-refractivity contribution is 5.85. The topological polar surface area (TPSA) is 51.2 Å². The van der Waals surface area contributed by atoms with E-state index in [1.54, 1.807) is 14.2 Å². The Morgan fingerprint density at radius 3 is 2.32 bits per heavy atom. The molecule has 2 rings (SSSR count). The molecule has 0 saturated heterocycles. The predicted octanol–water partition coefficient (Wildman–Crippen LogP) is 3.05. The number of ether oxygens (including phenoxy) is 3. The van der Waals surface area contributed by atoms with Crippen molar-refractivity contribution in [2.75, 3.05) is 33.9 Å². The van der Waals surface area contributed by atoms with Crippen molar-refractivity contribution in [3.63, 3.8) is 0 Å². The number of β-amino-alcohol motifs (C(OH)–C–C–N with tert-alkyl or cyclic N) is 1. The van der Waals surface area contributed by atoms with Gasteiger partial charge in [-0.25, -0.2) is 0 Å². The van der Waals surface area contributed by atoms with E-state index in [0.717, 1.165) is 37.4 Å². The lowest BCUT2D eigenvalue weighted by Gasteiger charge is -2.32. The van der Waals surface area contributed by atoms with E-state index >= 15 is 0 Å². The highest BCUT2D eigenvalue weighted by Crippen LogP contribution is 2.33. The SMILES string of the molecule is CCC(C)(C)OCC(O)CN1CCc2cc(OC)c(OC)cc2C1.Cl. The summed E-state index contributed by atoms with van der Waals surface area (Å²) >= 11 is 0. The van der Waals surface area contributed by atoms with Crippen LogP contribution in [0.1, 0.15) is 38.3 Å². The largest absolute Gasteiger partial charge is 0.493 e. The maximum absolute atomic E-state index is 10.3. The van der Waals surface area contributed by atoms with Gasteiger partial charge in [-0.05, 0) is 49.9 Å². The molecule has 0 spiro atoms. The monoisotopic (exact) mass is 373 g/mol. The summed E-state index contributed by atoms with van der Waals surface area (Å²) in [7, 11) is 3.31. The van der Waals surface area contributed by atoms with Crippen molar-refractivity contribution < 1.29 is 19.3 Å². The zero-order valence-electron chi connectivity index (χ0n) is 16.0. The number of nitrogens with zero attached hydrogens (tertiary/aromatic N) is 1. The summed E-state index contributed by atoms with van der Waals surface area (Å²) < 4.78 is 16.6. The second-order valence-electron chi connectivity index (χ2n) is 7.04. The lowest BCUT2D eigenvalue weighted by atomic mass is 9.98. The number of aliphatic hydroxyl groups is 1. The second-order valence-corrected chi connectivity index (χ2v) is 7.04. The fourth-order valence-corrected chi connectivity index (χ4v) is 2.87. The van der Waals surface area contributed by atoms with Crippen LogP contribution in [0.25, 0.3) is 0 Å². The van der Waals surface area contributed by atoms with E-state index in [1.807, 2.05) is 6.07 Å². The van der Waals surface area contributed by atoms with Gasteiger partial charge >= 0.3 is 0 Å². The Kier molecular flexibility index (Phi) is 8.48. The lowest BCUT2D eigenvalue weighted by molar-refractivity contribution is -0.0679. The van der Waals surface area contributed by atoms with Gasteiger partial charge < -0.3 is 19.3 Å². The first-order valence-corrected chi connectivity index (χ1v) is 8.66. The molecule has 0 amide bonds. The fourth-order valence-electron chi connectivity index (χ4n) is 2.87. The van der Waals surface area contributed by atoms with Crippen LogP contribution in [-0.4, -0.2) is 55.6 Å². The van der Waals surface area contributed by atoms with Gasteiger partial charge in [0.2, 0.25) is 0 Å². The van der Waals surface area contributed by atoms with Crippen LogP contribution >= 0.6 is 12.4 Å². The first-order chi connectivity index (χ1) is 11.4. The van der Waals surface area contributed by atoms with E-state index in [-0.39, 0.29) is 18.0 Å². The third-order valence-electron chi connectivity index (χ3n) is 4.78. The Bertz CT molecular complexity index is 550. The van der Waals surface area contributed by atoms with E-state index < -0.39 is 6.10 Å². The Balaban J connectivity index is 0.00000312. The molecule has 0 radical (unpaired) electrons. The molecule has 0 fully saturated rings. The third-order valence-corrected chi connectivity index (χ3v) is 4.78. The van der Waals surface area contributed by atoms with Crippen LogP contribution in [0.2, 0.25) is 0 Å². The normalized spacial score (nSPS) is 15.9. The molecule has 0 bridgehead atoms. The molecule has 6 heteroatoms. The van der Waals surface area contributed by atoms with E-state index in [9.17, 15) is 5.11 Å². The maximum atomic E-state index is 10.3. The molecule has 1 aromatic carbocycles. The number of halogens is 1. The molecule has 0 saturated carbocycles. The molecule has 1 atom stereocenters. The van der Waals surface area contributed by atoms with Crippen molar-refractivity contribution in [1.82, 2.24) is 4.90 Å². The number of benzene rings is 1. The molecule has 144 valence electrons. The van der Waals surface area contributed by atoms with Crippen LogP contribution in [0.5, 0.6) is 11.5 Å². The molecule has 1 aliphatic heterocycles. The molecule has 0 aromatic heterocycles. The van der Waals surface area contributed by atoms with Crippen LogP contribution < -0.4 is 9.47 Å². The summed E-state index contributed by atoms with van der Waals surface area (Å²) in [5, 5.41) is 10.3. The van der Waals surface area contributed by atoms with Crippen molar-refractivity contribution in [2.45, 2.75) is 51.9 Å². The molecule has 1 N–H and O–H groups in total. The van der Waals surface area contributed by atoms with Gasteiger partial charge in [-0.1, -0.05) is 6.92 Å². The first kappa shape index (κ1) is 22.0. The molecule has 1 aliphatic rings. The number of fused-ring (bicyclic) bond motifs is 1. The minimum absolute atomic E-state index is 0. The van der Waals surface area contributed by atoms with Crippen LogP contribution in [0.3, 0.4) is 0 Å². The molecular weight excluding hydrogens is 342 g/mol. The third kappa shape index (κ3) is 6.03. The average Bonchev–Trinajstić information content (AvgIpc) is 2.58. The molecule has 0 aliphatic carbocycles. The summed E-state index contributed by atoms with van der Waals surface area (Å²) in [5.74, 6) is 1.53. The van der Waals surface area contributed by atoms with Gasteiger partial charge in [0, 0.05) is 19.6 Å². The molecule has 1 heterocycles. The highest BCUT2D eigenvalue weighted by Gasteiger charge is 2.23. The van der Waals surface area contributed by atoms with Crippen molar-refractivity contribution in [1.29, 1.82) is 0 Å². The van der Waals surface area contributed by atoms with E-state index in [4.69, 9.17) is 14.2 Å². The van der Waals surface area contributed by atoms with E-state index in [2.05, 4.69) is 31.7 Å². The number of rotatable bonds is 8. The van der Waals surface area contributed by atoms with Crippen molar-refractivity contribution in [3.8, 4) is 11.5 Å². The van der Waals surface area contributed by atoms with Crippen LogP contribution in [-0.2, 0) is 17.7 Å². The minimum Gasteiger partial charge on any atom is -0.493 e. The van der Waals surface area contributed by atoms with Gasteiger partial charge in [0.15, 0.2) is 11.5 Å². The fraction of sp³-hybridized carbons (Fsp3) is 0.684. The Morgan fingerprint density at radius 1 is 1.16 bits per heavy atom. The zero-order valence-corrected chi connectivity index (χ0v) is 16.8. The van der Waals surface area contributed by atoms with Crippen LogP contribution in [0.15, 0.2) is 12.1 Å². The Hall–Kier alpha value is -1.01. The lowest BCUT2D eigenvalue weighted by Crippen LogP contribution is -2.39. The molecule has 1 aromatic rings. The van der Waals surface area contributed by atoms with Crippen molar-refractivity contribution in [2.24, 2.45) is 0 Å². The Labute approximate surface area is 157 Å². The minimum atomic E-state index is -0.475. The smallest absolute Gasteiger partial charge is 0.161 e. The summed E-state index contributed by atoms with van der Waals surface area (Å²) in [6.45, 7) is 8.92. The van der Waals surface area contributed by atoms with E-state index in [0.29, 0.717) is 13.2 Å². The number of hydrogen-bond acceptors (Lipinski definition) is 5. The van der Waals surface area contributed by atoms with Crippen LogP contribution in [0.4, 0.5) is 0 Å². The number of methoxy groups -OCH3 is 2. The summed E-state index contributed by atoms with van der Waals surface area (Å²) in [6, 6.07) is 4.11. The van der Waals surface area contributed by atoms with Crippen LogP contribution in [0, 0.1) is 0 Å². The highest BCUT2D eigenvalue weighted by atomic mass is 35.5. The van der Waals surface area contributed by atoms with Gasteiger partial charge in [0.05, 0.1) is 32.5 Å². The first-order valence-electron chi connectivity index (χ1n) is 8.66. The van der Waals surface area contributed by atoms with E-state index in [1.165, 1.54) is 11.1 Å². The van der Waals surface area contributed by atoms with Crippen molar-refractivity contribution in [3.05, 3.63) is 23.3 Å². The molecular formula is C19H32ClNO4. The van der Waals surface area contributed by atoms with Gasteiger partial charge in [0.25, 0.3) is 0 Å². The summed E-state index contributed by atoms with van der Waals surface area (Å²) in [4.78, 5) is 2.27. The number of hydrogen-bond donors (Lipinski definition) is 1. The Morgan fingerprint density at radius 2 is 1.76 bits per heavy atom. The van der Waals surface area contributed by atoms with Gasteiger partial charge in [0.1, 0.15) is 0 Å².